The molecule has 1 fully saturated rings. The standard InChI is InChI=1S/C14H21N3O2/c1-15-13-9-12(5-6-16-13)14(18)17(2)7-8-19-10-11-3-4-11/h5-6,9,11H,3-4,7-8,10H2,1-2H3,(H,15,16). The third-order valence-corrected chi connectivity index (χ3v) is 3.23. The van der Waals surface area contributed by atoms with E-state index in [-0.39, 0.29) is 5.91 Å². The van der Waals surface area contributed by atoms with Crippen molar-refractivity contribution in [2.75, 3.05) is 39.2 Å². The highest BCUT2D eigenvalue weighted by atomic mass is 16.5. The number of anilines is 1. The maximum Gasteiger partial charge on any atom is 0.253 e. The maximum absolute atomic E-state index is 12.2. The van der Waals surface area contributed by atoms with Crippen molar-refractivity contribution < 1.29 is 9.53 Å². The van der Waals surface area contributed by atoms with Gasteiger partial charge in [0.15, 0.2) is 0 Å². The fourth-order valence-electron chi connectivity index (χ4n) is 1.76. The van der Waals surface area contributed by atoms with Crippen LogP contribution in [0.2, 0.25) is 0 Å². The molecule has 1 N–H and O–H groups in total. The first-order valence-corrected chi connectivity index (χ1v) is 6.67. The lowest BCUT2D eigenvalue weighted by atomic mass is 10.2. The number of carbonyl (C=O) groups excluding carboxylic acids is 1. The predicted octanol–water partition coefficient (Wildman–Crippen LogP) is 1.62. The smallest absolute Gasteiger partial charge is 0.253 e. The topological polar surface area (TPSA) is 54.5 Å². The van der Waals surface area contributed by atoms with Crippen molar-refractivity contribution in [2.45, 2.75) is 12.8 Å². The molecule has 2 rings (SSSR count). The van der Waals surface area contributed by atoms with Gasteiger partial charge in [0.2, 0.25) is 0 Å². The molecule has 1 aliphatic rings. The zero-order chi connectivity index (χ0) is 13.7. The molecule has 104 valence electrons. The van der Waals surface area contributed by atoms with Gasteiger partial charge in [0.05, 0.1) is 6.61 Å². The van der Waals surface area contributed by atoms with Gasteiger partial charge in [-0.3, -0.25) is 4.79 Å². The Bertz CT molecular complexity index is 432. The van der Waals surface area contributed by atoms with Crippen LogP contribution >= 0.6 is 0 Å². The van der Waals surface area contributed by atoms with Crippen LogP contribution in [0.25, 0.3) is 0 Å². The average molecular weight is 263 g/mol. The summed E-state index contributed by atoms with van der Waals surface area (Å²) in [6.07, 6.45) is 4.22. The Balaban J connectivity index is 1.79. The summed E-state index contributed by atoms with van der Waals surface area (Å²) in [5.74, 6) is 1.46. The fourth-order valence-corrected chi connectivity index (χ4v) is 1.76. The number of likely N-dealkylation sites (N-methyl/N-ethyl adjacent to an activating group) is 1. The second-order valence-electron chi connectivity index (χ2n) is 4.92. The largest absolute Gasteiger partial charge is 0.379 e. The van der Waals surface area contributed by atoms with E-state index in [9.17, 15) is 4.79 Å². The summed E-state index contributed by atoms with van der Waals surface area (Å²) in [7, 11) is 3.58. The van der Waals surface area contributed by atoms with Gasteiger partial charge >= 0.3 is 0 Å². The van der Waals surface area contributed by atoms with Crippen molar-refractivity contribution in [3.8, 4) is 0 Å². The van der Waals surface area contributed by atoms with Crippen LogP contribution in [0.3, 0.4) is 0 Å². The number of pyridine rings is 1. The van der Waals surface area contributed by atoms with Crippen LogP contribution in [-0.2, 0) is 4.74 Å². The Labute approximate surface area is 114 Å². The van der Waals surface area contributed by atoms with Crippen molar-refractivity contribution in [1.29, 1.82) is 0 Å². The van der Waals surface area contributed by atoms with E-state index in [0.29, 0.717) is 24.5 Å². The molecule has 19 heavy (non-hydrogen) atoms. The lowest BCUT2D eigenvalue weighted by molar-refractivity contribution is 0.0681. The Kier molecular flexibility index (Phi) is 4.74. The van der Waals surface area contributed by atoms with E-state index in [1.54, 1.807) is 37.3 Å². The summed E-state index contributed by atoms with van der Waals surface area (Å²) in [6.45, 7) is 2.05. The molecule has 0 bridgehead atoms. The van der Waals surface area contributed by atoms with Gasteiger partial charge in [0.1, 0.15) is 5.82 Å². The van der Waals surface area contributed by atoms with Crippen molar-refractivity contribution in [3.63, 3.8) is 0 Å². The molecule has 0 aliphatic heterocycles. The van der Waals surface area contributed by atoms with E-state index in [1.807, 2.05) is 0 Å². The molecule has 1 amide bonds. The van der Waals surface area contributed by atoms with Crippen LogP contribution in [-0.4, -0.2) is 49.6 Å². The quantitative estimate of drug-likeness (QED) is 0.760. The molecule has 0 atom stereocenters. The van der Waals surface area contributed by atoms with Gasteiger partial charge in [-0.2, -0.15) is 0 Å². The highest BCUT2D eigenvalue weighted by molar-refractivity contribution is 5.94. The van der Waals surface area contributed by atoms with E-state index in [2.05, 4.69) is 10.3 Å². The van der Waals surface area contributed by atoms with Crippen LogP contribution in [0.5, 0.6) is 0 Å². The molecule has 0 radical (unpaired) electrons. The summed E-state index contributed by atoms with van der Waals surface area (Å²) in [4.78, 5) is 17.9. The van der Waals surface area contributed by atoms with Gasteiger partial charge in [0.25, 0.3) is 5.91 Å². The first-order valence-electron chi connectivity index (χ1n) is 6.67. The first kappa shape index (κ1) is 13.8. The minimum Gasteiger partial charge on any atom is -0.379 e. The second kappa shape index (κ2) is 6.52. The minimum atomic E-state index is -0.00563. The zero-order valence-electron chi connectivity index (χ0n) is 11.6. The lowest BCUT2D eigenvalue weighted by Gasteiger charge is -2.17. The summed E-state index contributed by atoms with van der Waals surface area (Å²) in [6, 6.07) is 3.48. The average Bonchev–Trinajstić information content (AvgIpc) is 3.26. The Morgan fingerprint density at radius 1 is 1.58 bits per heavy atom. The SMILES string of the molecule is CNc1cc(C(=O)N(C)CCOCC2CC2)ccn1. The summed E-state index contributed by atoms with van der Waals surface area (Å²) < 4.78 is 5.54. The summed E-state index contributed by atoms with van der Waals surface area (Å²) in [5, 5.41) is 2.93. The van der Waals surface area contributed by atoms with Crippen molar-refractivity contribution in [3.05, 3.63) is 23.9 Å². The normalized spacial score (nSPS) is 14.2. The number of amides is 1. The molecule has 1 aromatic rings. The highest BCUT2D eigenvalue weighted by Gasteiger charge is 2.21. The zero-order valence-corrected chi connectivity index (χ0v) is 11.6. The van der Waals surface area contributed by atoms with E-state index in [1.165, 1.54) is 12.8 Å². The van der Waals surface area contributed by atoms with Crippen molar-refractivity contribution >= 4 is 11.7 Å². The molecule has 0 saturated heterocycles. The monoisotopic (exact) mass is 263 g/mol. The van der Waals surface area contributed by atoms with Gasteiger partial charge in [-0.1, -0.05) is 0 Å². The Hall–Kier alpha value is -1.62. The van der Waals surface area contributed by atoms with E-state index in [0.717, 1.165) is 12.5 Å². The van der Waals surface area contributed by atoms with Gasteiger partial charge < -0.3 is 15.0 Å². The van der Waals surface area contributed by atoms with Gasteiger partial charge in [-0.25, -0.2) is 4.98 Å². The molecule has 1 heterocycles. The summed E-state index contributed by atoms with van der Waals surface area (Å²) in [5.41, 5.74) is 0.643. The molecule has 0 unspecified atom stereocenters. The van der Waals surface area contributed by atoms with E-state index in [4.69, 9.17) is 4.74 Å². The van der Waals surface area contributed by atoms with E-state index >= 15 is 0 Å². The number of carbonyl (C=O) groups is 1. The first-order chi connectivity index (χ1) is 9.20. The molecule has 1 aliphatic carbocycles. The van der Waals surface area contributed by atoms with Crippen LogP contribution in [0.4, 0.5) is 5.82 Å². The molecule has 1 saturated carbocycles. The highest BCUT2D eigenvalue weighted by Crippen LogP contribution is 2.28. The fraction of sp³-hybridized carbons (Fsp3) is 0.571. The molecule has 5 heteroatoms. The van der Waals surface area contributed by atoms with Gasteiger partial charge in [-0.15, -0.1) is 0 Å². The molecule has 0 spiro atoms. The van der Waals surface area contributed by atoms with Gasteiger partial charge in [0, 0.05) is 39.0 Å². The maximum atomic E-state index is 12.2. The number of hydrogen-bond acceptors (Lipinski definition) is 4. The number of nitrogens with one attached hydrogen (secondary N) is 1. The predicted molar refractivity (Wildman–Crippen MR) is 74.3 cm³/mol. The second-order valence-corrected chi connectivity index (χ2v) is 4.92. The Morgan fingerprint density at radius 2 is 2.37 bits per heavy atom. The molecule has 1 aromatic heterocycles. The molecular weight excluding hydrogens is 242 g/mol. The van der Waals surface area contributed by atoms with Crippen LogP contribution in [0, 0.1) is 5.92 Å². The minimum absolute atomic E-state index is 0.00563. The molecular formula is C14H21N3O2. The van der Waals surface area contributed by atoms with Crippen LogP contribution < -0.4 is 5.32 Å². The molecule has 5 nitrogen and oxygen atoms in total. The number of ether oxygens (including phenoxy) is 1. The van der Waals surface area contributed by atoms with E-state index < -0.39 is 0 Å². The number of rotatable bonds is 7. The van der Waals surface area contributed by atoms with Crippen molar-refractivity contribution in [1.82, 2.24) is 9.88 Å². The summed E-state index contributed by atoms with van der Waals surface area (Å²) >= 11 is 0. The van der Waals surface area contributed by atoms with Gasteiger partial charge in [-0.05, 0) is 30.9 Å². The van der Waals surface area contributed by atoms with Crippen LogP contribution in [0.1, 0.15) is 23.2 Å². The van der Waals surface area contributed by atoms with Crippen molar-refractivity contribution in [2.24, 2.45) is 5.92 Å². The third kappa shape index (κ3) is 4.21. The van der Waals surface area contributed by atoms with Crippen LogP contribution in [0.15, 0.2) is 18.3 Å². The Morgan fingerprint density at radius 3 is 3.05 bits per heavy atom. The lowest BCUT2D eigenvalue weighted by Crippen LogP contribution is -2.30. The molecule has 0 aromatic carbocycles. The third-order valence-electron chi connectivity index (χ3n) is 3.23. The number of nitrogens with zero attached hydrogens (tertiary/aromatic N) is 2. The number of aromatic nitrogens is 1. The number of hydrogen-bond donors (Lipinski definition) is 1.